The van der Waals surface area contributed by atoms with Gasteiger partial charge in [-0.15, -0.1) is 0 Å². The van der Waals surface area contributed by atoms with Gasteiger partial charge in [-0.1, -0.05) is 0 Å². The standard InChI is InChI=1S/C14H7BrF4N2/c15-11-6-10(3-1-8(11)7-20)21-13-5-9(14(17,18)19)2-4-12(13)16/h1-6,21H. The highest BCUT2D eigenvalue weighted by molar-refractivity contribution is 9.10. The summed E-state index contributed by atoms with van der Waals surface area (Å²) in [5.41, 5.74) is -0.510. The predicted octanol–water partition coefficient (Wildman–Crippen LogP) is 5.22. The second kappa shape index (κ2) is 5.74. The molecule has 21 heavy (non-hydrogen) atoms. The van der Waals surface area contributed by atoms with E-state index in [9.17, 15) is 17.6 Å². The van der Waals surface area contributed by atoms with Crippen molar-refractivity contribution in [2.24, 2.45) is 0 Å². The average Bonchev–Trinajstić information content (AvgIpc) is 2.40. The maximum atomic E-state index is 13.6. The predicted molar refractivity (Wildman–Crippen MR) is 73.5 cm³/mol. The van der Waals surface area contributed by atoms with E-state index in [1.54, 1.807) is 0 Å². The van der Waals surface area contributed by atoms with Gasteiger partial charge in [-0.3, -0.25) is 0 Å². The van der Waals surface area contributed by atoms with Crippen molar-refractivity contribution in [2.45, 2.75) is 6.18 Å². The Morgan fingerprint density at radius 3 is 2.38 bits per heavy atom. The van der Waals surface area contributed by atoms with Crippen molar-refractivity contribution in [3.63, 3.8) is 0 Å². The topological polar surface area (TPSA) is 35.8 Å². The van der Waals surface area contributed by atoms with Gasteiger partial charge in [0.2, 0.25) is 0 Å². The largest absolute Gasteiger partial charge is 0.416 e. The van der Waals surface area contributed by atoms with Gasteiger partial charge in [-0.05, 0) is 52.3 Å². The number of hydrogen-bond donors (Lipinski definition) is 1. The van der Waals surface area contributed by atoms with E-state index in [1.807, 2.05) is 6.07 Å². The third-order valence-electron chi connectivity index (χ3n) is 2.66. The first-order chi connectivity index (χ1) is 9.81. The molecular formula is C14H7BrF4N2. The van der Waals surface area contributed by atoms with Gasteiger partial charge in [-0.25, -0.2) is 4.39 Å². The molecule has 0 fully saturated rings. The fourth-order valence-corrected chi connectivity index (χ4v) is 2.10. The lowest BCUT2D eigenvalue weighted by molar-refractivity contribution is -0.137. The lowest BCUT2D eigenvalue weighted by Gasteiger charge is -2.12. The minimum Gasteiger partial charge on any atom is -0.353 e. The Morgan fingerprint density at radius 2 is 1.81 bits per heavy atom. The van der Waals surface area contributed by atoms with Crippen molar-refractivity contribution in [1.82, 2.24) is 0 Å². The van der Waals surface area contributed by atoms with Gasteiger partial charge >= 0.3 is 6.18 Å². The molecule has 1 N–H and O–H groups in total. The van der Waals surface area contributed by atoms with E-state index in [4.69, 9.17) is 5.26 Å². The summed E-state index contributed by atoms with van der Waals surface area (Å²) in [6.07, 6.45) is -4.55. The number of nitriles is 1. The van der Waals surface area contributed by atoms with Gasteiger partial charge in [0.05, 0.1) is 16.8 Å². The maximum absolute atomic E-state index is 13.6. The number of halogens is 5. The molecule has 2 nitrogen and oxygen atoms in total. The lowest BCUT2D eigenvalue weighted by atomic mass is 10.1. The van der Waals surface area contributed by atoms with E-state index >= 15 is 0 Å². The van der Waals surface area contributed by atoms with Crippen molar-refractivity contribution in [2.75, 3.05) is 5.32 Å². The average molecular weight is 359 g/mol. The molecule has 0 saturated carbocycles. The van der Waals surface area contributed by atoms with Gasteiger partial charge in [0.15, 0.2) is 0 Å². The zero-order valence-corrected chi connectivity index (χ0v) is 11.9. The van der Waals surface area contributed by atoms with Crippen molar-refractivity contribution >= 4 is 27.3 Å². The van der Waals surface area contributed by atoms with Gasteiger partial charge in [-0.2, -0.15) is 18.4 Å². The molecule has 2 aromatic rings. The van der Waals surface area contributed by atoms with E-state index in [-0.39, 0.29) is 5.69 Å². The van der Waals surface area contributed by atoms with Crippen LogP contribution in [0.25, 0.3) is 0 Å². The second-order valence-corrected chi connectivity index (χ2v) is 4.98. The van der Waals surface area contributed by atoms with Gasteiger partial charge in [0.1, 0.15) is 11.9 Å². The Labute approximate surface area is 126 Å². The number of rotatable bonds is 2. The van der Waals surface area contributed by atoms with Crippen LogP contribution in [0.5, 0.6) is 0 Å². The Balaban J connectivity index is 2.35. The molecule has 0 aliphatic carbocycles. The van der Waals surface area contributed by atoms with E-state index in [0.29, 0.717) is 27.9 Å². The summed E-state index contributed by atoms with van der Waals surface area (Å²) in [7, 11) is 0. The van der Waals surface area contributed by atoms with E-state index in [0.717, 1.165) is 6.07 Å². The van der Waals surface area contributed by atoms with Crippen molar-refractivity contribution in [1.29, 1.82) is 5.26 Å². The second-order valence-electron chi connectivity index (χ2n) is 4.12. The number of anilines is 2. The summed E-state index contributed by atoms with van der Waals surface area (Å²) >= 11 is 3.15. The molecule has 0 unspecified atom stereocenters. The Morgan fingerprint density at radius 1 is 1.10 bits per heavy atom. The monoisotopic (exact) mass is 358 g/mol. The van der Waals surface area contributed by atoms with Crippen LogP contribution < -0.4 is 5.32 Å². The first-order valence-electron chi connectivity index (χ1n) is 5.64. The van der Waals surface area contributed by atoms with Crippen LogP contribution >= 0.6 is 15.9 Å². The SMILES string of the molecule is N#Cc1ccc(Nc2cc(C(F)(F)F)ccc2F)cc1Br. The summed E-state index contributed by atoms with van der Waals surface area (Å²) in [5, 5.41) is 11.3. The van der Waals surface area contributed by atoms with Crippen molar-refractivity contribution in [3.05, 3.63) is 57.8 Å². The van der Waals surface area contributed by atoms with Crippen molar-refractivity contribution < 1.29 is 17.6 Å². The first-order valence-corrected chi connectivity index (χ1v) is 6.44. The molecule has 0 aliphatic heterocycles. The van der Waals surface area contributed by atoms with Gasteiger partial charge in [0, 0.05) is 10.2 Å². The normalized spacial score (nSPS) is 11.0. The van der Waals surface area contributed by atoms with E-state index in [1.165, 1.54) is 18.2 Å². The van der Waals surface area contributed by atoms with Crippen LogP contribution in [0.2, 0.25) is 0 Å². The molecule has 0 spiro atoms. The number of hydrogen-bond acceptors (Lipinski definition) is 2. The molecule has 0 radical (unpaired) electrons. The number of benzene rings is 2. The molecule has 0 saturated heterocycles. The summed E-state index contributed by atoms with van der Waals surface area (Å²) in [5.74, 6) is -0.802. The fourth-order valence-electron chi connectivity index (χ4n) is 1.64. The number of alkyl halides is 3. The maximum Gasteiger partial charge on any atom is 0.416 e. The van der Waals surface area contributed by atoms with Crippen molar-refractivity contribution in [3.8, 4) is 6.07 Å². The molecule has 108 valence electrons. The third-order valence-corrected chi connectivity index (χ3v) is 3.32. The zero-order valence-electron chi connectivity index (χ0n) is 10.3. The molecule has 0 aromatic heterocycles. The molecular weight excluding hydrogens is 352 g/mol. The molecule has 0 atom stereocenters. The smallest absolute Gasteiger partial charge is 0.353 e. The molecule has 0 aliphatic rings. The quantitative estimate of drug-likeness (QED) is 0.746. The summed E-state index contributed by atoms with van der Waals surface area (Å²) < 4.78 is 51.9. The highest BCUT2D eigenvalue weighted by Gasteiger charge is 2.31. The van der Waals surface area contributed by atoms with Crippen LogP contribution in [0.1, 0.15) is 11.1 Å². The first kappa shape index (κ1) is 15.3. The van der Waals surface area contributed by atoms with Gasteiger partial charge in [0.25, 0.3) is 0 Å². The Bertz CT molecular complexity index is 720. The van der Waals surface area contributed by atoms with E-state index < -0.39 is 17.6 Å². The Kier molecular flexibility index (Phi) is 4.19. The minimum atomic E-state index is -4.55. The van der Waals surface area contributed by atoms with Crippen LogP contribution in [0.3, 0.4) is 0 Å². The van der Waals surface area contributed by atoms with Crippen LogP contribution in [0.4, 0.5) is 28.9 Å². The van der Waals surface area contributed by atoms with Gasteiger partial charge < -0.3 is 5.32 Å². The zero-order chi connectivity index (χ0) is 15.6. The molecule has 0 bridgehead atoms. The van der Waals surface area contributed by atoms with Crippen LogP contribution in [0.15, 0.2) is 40.9 Å². The molecule has 2 rings (SSSR count). The highest BCUT2D eigenvalue weighted by atomic mass is 79.9. The molecule has 0 amide bonds. The van der Waals surface area contributed by atoms with Crippen LogP contribution in [-0.2, 0) is 6.18 Å². The molecule has 0 heterocycles. The van der Waals surface area contributed by atoms with Crippen LogP contribution in [0, 0.1) is 17.1 Å². The number of nitrogens with zero attached hydrogens (tertiary/aromatic N) is 1. The lowest BCUT2D eigenvalue weighted by Crippen LogP contribution is -2.06. The fraction of sp³-hybridized carbons (Fsp3) is 0.0714. The number of nitrogens with one attached hydrogen (secondary N) is 1. The van der Waals surface area contributed by atoms with E-state index in [2.05, 4.69) is 21.2 Å². The van der Waals surface area contributed by atoms with Crippen LogP contribution in [-0.4, -0.2) is 0 Å². The highest BCUT2D eigenvalue weighted by Crippen LogP contribution is 2.33. The minimum absolute atomic E-state index is 0.290. The summed E-state index contributed by atoms with van der Waals surface area (Å²) in [4.78, 5) is 0. The Hall–Kier alpha value is -2.07. The third kappa shape index (κ3) is 3.52. The molecule has 7 heteroatoms. The summed E-state index contributed by atoms with van der Waals surface area (Å²) in [6.45, 7) is 0. The molecule has 2 aromatic carbocycles. The summed E-state index contributed by atoms with van der Waals surface area (Å²) in [6, 6.07) is 8.48.